The van der Waals surface area contributed by atoms with Gasteiger partial charge in [0, 0.05) is 0 Å². The Morgan fingerprint density at radius 2 is 1.92 bits per heavy atom. The Balaban J connectivity index is 0.000000354. The van der Waals surface area contributed by atoms with Crippen LogP contribution in [0, 0.1) is 5.92 Å². The molecule has 1 atom stereocenters. The van der Waals surface area contributed by atoms with Crippen LogP contribution in [-0.4, -0.2) is 11.6 Å². The molecule has 2 heteroatoms. The van der Waals surface area contributed by atoms with Gasteiger partial charge in [-0.1, -0.05) is 25.5 Å². The van der Waals surface area contributed by atoms with Gasteiger partial charge in [0.05, 0.1) is 0 Å². The monoisotopic (exact) mass is 170 g/mol. The maximum atomic E-state index is 8.36. The summed E-state index contributed by atoms with van der Waals surface area (Å²) in [6.07, 6.45) is 11.5. The van der Waals surface area contributed by atoms with Crippen molar-refractivity contribution in [2.75, 3.05) is 0 Å². The maximum absolute atomic E-state index is 8.36. The number of hydrogen-bond acceptors (Lipinski definition) is 1. The lowest BCUT2D eigenvalue weighted by atomic mass is 9.96. The Morgan fingerprint density at radius 3 is 2.58 bits per heavy atom. The van der Waals surface area contributed by atoms with Gasteiger partial charge in [0.25, 0.3) is 6.47 Å². The van der Waals surface area contributed by atoms with E-state index in [1.54, 1.807) is 0 Å². The van der Waals surface area contributed by atoms with E-state index in [2.05, 4.69) is 19.1 Å². The first kappa shape index (κ1) is 11.2. The van der Waals surface area contributed by atoms with Crippen molar-refractivity contribution in [1.82, 2.24) is 0 Å². The van der Waals surface area contributed by atoms with Gasteiger partial charge in [0.1, 0.15) is 0 Å². The molecule has 1 aliphatic rings. The van der Waals surface area contributed by atoms with Crippen LogP contribution in [0.1, 0.15) is 39.0 Å². The largest absolute Gasteiger partial charge is 0.483 e. The quantitative estimate of drug-likeness (QED) is 0.448. The molecule has 0 unspecified atom stereocenters. The summed E-state index contributed by atoms with van der Waals surface area (Å²) >= 11 is 0. The molecule has 0 spiro atoms. The van der Waals surface area contributed by atoms with Crippen LogP contribution in [0.25, 0.3) is 0 Å². The summed E-state index contributed by atoms with van der Waals surface area (Å²) in [6, 6.07) is 0. The third-order valence-electron chi connectivity index (χ3n) is 2.06. The van der Waals surface area contributed by atoms with Crippen LogP contribution in [0.15, 0.2) is 12.2 Å². The van der Waals surface area contributed by atoms with E-state index >= 15 is 0 Å². The van der Waals surface area contributed by atoms with Crippen molar-refractivity contribution >= 4 is 6.47 Å². The third-order valence-corrected chi connectivity index (χ3v) is 2.06. The minimum atomic E-state index is -0.250. The summed E-state index contributed by atoms with van der Waals surface area (Å²) in [5, 5.41) is 6.89. The van der Waals surface area contributed by atoms with Gasteiger partial charge in [-0.05, 0) is 31.6 Å². The Kier molecular flexibility index (Phi) is 7.76. The average Bonchev–Trinajstić information content (AvgIpc) is 1.98. The Labute approximate surface area is 74.3 Å². The zero-order chi connectivity index (χ0) is 9.23. The van der Waals surface area contributed by atoms with Crippen LogP contribution >= 0.6 is 0 Å². The standard InChI is InChI=1S/C9H16.CH2O2/c1-9-7-5-3-2-4-6-8-9;2-1-3/h2-3,9H,4-8H2,1H3;1H,(H,2,3)/b3-2-;/t9-;/m0./s1. The highest BCUT2D eigenvalue weighted by Gasteiger charge is 2.01. The van der Waals surface area contributed by atoms with Crippen LogP contribution in [0.2, 0.25) is 0 Å². The first-order valence-corrected chi connectivity index (χ1v) is 4.54. The van der Waals surface area contributed by atoms with E-state index < -0.39 is 0 Å². The normalized spacial score (nSPS) is 25.6. The minimum absolute atomic E-state index is 0.250. The van der Waals surface area contributed by atoms with Crippen LogP contribution in [0.3, 0.4) is 0 Å². The fraction of sp³-hybridized carbons (Fsp3) is 0.700. The molecule has 0 fully saturated rings. The average molecular weight is 170 g/mol. The van der Waals surface area contributed by atoms with Crippen LogP contribution in [-0.2, 0) is 4.79 Å². The van der Waals surface area contributed by atoms with Crippen molar-refractivity contribution in [2.24, 2.45) is 5.92 Å². The highest BCUT2D eigenvalue weighted by molar-refractivity contribution is 5.32. The molecule has 1 rings (SSSR count). The lowest BCUT2D eigenvalue weighted by Gasteiger charge is -2.10. The summed E-state index contributed by atoms with van der Waals surface area (Å²) < 4.78 is 0. The predicted molar refractivity (Wildman–Crippen MR) is 50.1 cm³/mol. The Hall–Kier alpha value is -0.790. The molecule has 0 saturated carbocycles. The fourth-order valence-electron chi connectivity index (χ4n) is 1.34. The van der Waals surface area contributed by atoms with Gasteiger partial charge in [-0.15, -0.1) is 0 Å². The van der Waals surface area contributed by atoms with E-state index in [1.165, 1.54) is 32.1 Å². The Bertz CT molecular complexity index is 130. The van der Waals surface area contributed by atoms with E-state index in [9.17, 15) is 0 Å². The molecule has 0 aromatic rings. The second kappa shape index (κ2) is 8.31. The zero-order valence-electron chi connectivity index (χ0n) is 7.70. The molecular formula is C10H18O2. The molecule has 0 bridgehead atoms. The molecule has 0 heterocycles. The molecule has 0 aromatic heterocycles. The summed E-state index contributed by atoms with van der Waals surface area (Å²) in [7, 11) is 0. The van der Waals surface area contributed by atoms with Gasteiger partial charge in [-0.25, -0.2) is 0 Å². The van der Waals surface area contributed by atoms with Gasteiger partial charge >= 0.3 is 0 Å². The van der Waals surface area contributed by atoms with Crippen molar-refractivity contribution in [3.05, 3.63) is 12.2 Å². The van der Waals surface area contributed by atoms with Crippen molar-refractivity contribution < 1.29 is 9.90 Å². The lowest BCUT2D eigenvalue weighted by molar-refractivity contribution is -0.122. The number of allylic oxidation sites excluding steroid dienone is 2. The molecule has 1 aliphatic carbocycles. The smallest absolute Gasteiger partial charge is 0.290 e. The van der Waals surface area contributed by atoms with E-state index in [1.807, 2.05) is 0 Å². The zero-order valence-corrected chi connectivity index (χ0v) is 7.70. The summed E-state index contributed by atoms with van der Waals surface area (Å²) in [4.78, 5) is 8.36. The van der Waals surface area contributed by atoms with Gasteiger partial charge in [0.2, 0.25) is 0 Å². The summed E-state index contributed by atoms with van der Waals surface area (Å²) in [5.41, 5.74) is 0. The topological polar surface area (TPSA) is 37.3 Å². The lowest BCUT2D eigenvalue weighted by Crippen LogP contribution is -1.95. The van der Waals surface area contributed by atoms with Crippen molar-refractivity contribution in [3.8, 4) is 0 Å². The molecule has 0 amide bonds. The van der Waals surface area contributed by atoms with Gasteiger partial charge in [-0.2, -0.15) is 0 Å². The first-order chi connectivity index (χ1) is 5.81. The molecule has 12 heavy (non-hydrogen) atoms. The SMILES string of the molecule is C[C@H]1CC/C=C\CCC1.O=CO. The molecule has 1 N–H and O–H groups in total. The number of carbonyl (C=O) groups is 1. The van der Waals surface area contributed by atoms with Gasteiger partial charge < -0.3 is 5.11 Å². The number of hydrogen-bond donors (Lipinski definition) is 1. The van der Waals surface area contributed by atoms with E-state index in [-0.39, 0.29) is 6.47 Å². The van der Waals surface area contributed by atoms with E-state index in [0.29, 0.717) is 0 Å². The van der Waals surface area contributed by atoms with Crippen LogP contribution in [0.5, 0.6) is 0 Å². The fourth-order valence-corrected chi connectivity index (χ4v) is 1.34. The maximum Gasteiger partial charge on any atom is 0.290 e. The molecule has 2 nitrogen and oxygen atoms in total. The van der Waals surface area contributed by atoms with Crippen LogP contribution in [0.4, 0.5) is 0 Å². The van der Waals surface area contributed by atoms with Crippen molar-refractivity contribution in [3.63, 3.8) is 0 Å². The molecule has 0 radical (unpaired) electrons. The van der Waals surface area contributed by atoms with Crippen LogP contribution < -0.4 is 0 Å². The highest BCUT2D eigenvalue weighted by Crippen LogP contribution is 2.16. The number of carboxylic acid groups (broad SMARTS) is 1. The Morgan fingerprint density at radius 1 is 1.33 bits per heavy atom. The minimum Gasteiger partial charge on any atom is -0.483 e. The number of rotatable bonds is 0. The molecular weight excluding hydrogens is 152 g/mol. The molecule has 0 aromatic carbocycles. The molecule has 70 valence electrons. The van der Waals surface area contributed by atoms with E-state index in [4.69, 9.17) is 9.90 Å². The third kappa shape index (κ3) is 7.32. The molecule has 0 aliphatic heterocycles. The summed E-state index contributed by atoms with van der Waals surface area (Å²) in [6.45, 7) is 2.11. The highest BCUT2D eigenvalue weighted by atomic mass is 16.3. The molecule has 0 saturated heterocycles. The van der Waals surface area contributed by atoms with Crippen molar-refractivity contribution in [1.29, 1.82) is 0 Å². The van der Waals surface area contributed by atoms with Crippen molar-refractivity contribution in [2.45, 2.75) is 39.0 Å². The predicted octanol–water partition coefficient (Wildman–Crippen LogP) is 2.84. The van der Waals surface area contributed by atoms with Gasteiger partial charge in [-0.3, -0.25) is 4.79 Å². The summed E-state index contributed by atoms with van der Waals surface area (Å²) in [5.74, 6) is 0.968. The van der Waals surface area contributed by atoms with E-state index in [0.717, 1.165) is 5.92 Å². The second-order valence-electron chi connectivity index (χ2n) is 3.19. The first-order valence-electron chi connectivity index (χ1n) is 4.54. The van der Waals surface area contributed by atoms with Gasteiger partial charge in [0.15, 0.2) is 0 Å². The second-order valence-corrected chi connectivity index (χ2v) is 3.19.